The summed E-state index contributed by atoms with van der Waals surface area (Å²) in [4.78, 5) is 10.6. The Hall–Kier alpha value is -2.54. The number of rotatable bonds is 3. The van der Waals surface area contributed by atoms with Crippen molar-refractivity contribution in [2.75, 3.05) is 0 Å². The van der Waals surface area contributed by atoms with Crippen molar-refractivity contribution in [3.8, 4) is 22.9 Å². The van der Waals surface area contributed by atoms with Gasteiger partial charge in [0.25, 0.3) is 5.69 Å². The summed E-state index contributed by atoms with van der Waals surface area (Å²) >= 11 is 3.38. The molecule has 0 atom stereocenters. The SMILES string of the molecule is Cc1c(-c2nnc(-c3cccc(Br)c3)o2)cccc1[N+](=O)[O-]. The first kappa shape index (κ1) is 14.4. The van der Waals surface area contributed by atoms with Crippen molar-refractivity contribution < 1.29 is 9.34 Å². The van der Waals surface area contributed by atoms with E-state index in [9.17, 15) is 10.1 Å². The molecule has 0 spiro atoms. The maximum Gasteiger partial charge on any atom is 0.273 e. The van der Waals surface area contributed by atoms with E-state index in [2.05, 4.69) is 26.1 Å². The van der Waals surface area contributed by atoms with Crippen LogP contribution in [0.15, 0.2) is 51.4 Å². The average molecular weight is 360 g/mol. The van der Waals surface area contributed by atoms with Crippen molar-refractivity contribution in [3.05, 3.63) is 62.6 Å². The van der Waals surface area contributed by atoms with Gasteiger partial charge in [-0.15, -0.1) is 10.2 Å². The summed E-state index contributed by atoms with van der Waals surface area (Å²) in [6.45, 7) is 1.66. The maximum atomic E-state index is 11.0. The molecule has 0 radical (unpaired) electrons. The number of nitro benzene ring substituents is 1. The van der Waals surface area contributed by atoms with Crippen molar-refractivity contribution in [2.24, 2.45) is 0 Å². The van der Waals surface area contributed by atoms with Gasteiger partial charge in [0.05, 0.1) is 4.92 Å². The number of hydrogen-bond acceptors (Lipinski definition) is 5. The van der Waals surface area contributed by atoms with E-state index in [-0.39, 0.29) is 11.6 Å². The number of nitro groups is 1. The second-order valence-electron chi connectivity index (χ2n) is 4.63. The largest absolute Gasteiger partial charge is 0.416 e. The van der Waals surface area contributed by atoms with Crippen LogP contribution in [-0.2, 0) is 0 Å². The molecular formula is C15H10BrN3O3. The van der Waals surface area contributed by atoms with E-state index in [1.807, 2.05) is 24.3 Å². The van der Waals surface area contributed by atoms with Gasteiger partial charge in [-0.3, -0.25) is 10.1 Å². The highest BCUT2D eigenvalue weighted by atomic mass is 79.9. The van der Waals surface area contributed by atoms with Crippen LogP contribution >= 0.6 is 15.9 Å². The van der Waals surface area contributed by atoms with Crippen LogP contribution in [0.5, 0.6) is 0 Å². The minimum atomic E-state index is -0.426. The Morgan fingerprint density at radius 1 is 1.14 bits per heavy atom. The Balaban J connectivity index is 2.05. The van der Waals surface area contributed by atoms with E-state index >= 15 is 0 Å². The molecule has 0 saturated heterocycles. The smallest absolute Gasteiger partial charge is 0.273 e. The van der Waals surface area contributed by atoms with Crippen molar-refractivity contribution in [1.82, 2.24) is 10.2 Å². The van der Waals surface area contributed by atoms with Gasteiger partial charge in [0.1, 0.15) is 0 Å². The quantitative estimate of drug-likeness (QED) is 0.511. The third-order valence-corrected chi connectivity index (χ3v) is 3.72. The molecule has 0 bridgehead atoms. The first-order valence-electron chi connectivity index (χ1n) is 6.40. The normalized spacial score (nSPS) is 10.6. The Morgan fingerprint density at radius 2 is 1.86 bits per heavy atom. The topological polar surface area (TPSA) is 82.1 Å². The summed E-state index contributed by atoms with van der Waals surface area (Å²) in [5, 5.41) is 19.0. The number of hydrogen-bond donors (Lipinski definition) is 0. The molecule has 1 heterocycles. The van der Waals surface area contributed by atoms with Gasteiger partial charge < -0.3 is 4.42 Å². The van der Waals surface area contributed by atoms with E-state index in [1.54, 1.807) is 19.1 Å². The molecule has 0 fully saturated rings. The number of halogens is 1. The van der Waals surface area contributed by atoms with Gasteiger partial charge in [-0.2, -0.15) is 0 Å². The molecule has 3 aromatic rings. The van der Waals surface area contributed by atoms with Crippen LogP contribution in [0.4, 0.5) is 5.69 Å². The molecule has 0 unspecified atom stereocenters. The summed E-state index contributed by atoms with van der Waals surface area (Å²) in [6.07, 6.45) is 0. The fourth-order valence-corrected chi connectivity index (χ4v) is 2.52. The molecule has 0 aliphatic carbocycles. The molecule has 0 N–H and O–H groups in total. The summed E-state index contributed by atoms with van der Waals surface area (Å²) < 4.78 is 6.56. The van der Waals surface area contributed by atoms with Gasteiger partial charge in [-0.1, -0.05) is 28.1 Å². The highest BCUT2D eigenvalue weighted by Gasteiger charge is 2.18. The average Bonchev–Trinajstić information content (AvgIpc) is 2.97. The minimum Gasteiger partial charge on any atom is -0.416 e. The minimum absolute atomic E-state index is 0.0275. The molecule has 0 aliphatic heterocycles. The van der Waals surface area contributed by atoms with Crippen LogP contribution in [0, 0.1) is 17.0 Å². The molecular weight excluding hydrogens is 350 g/mol. The fraction of sp³-hybridized carbons (Fsp3) is 0.0667. The van der Waals surface area contributed by atoms with Gasteiger partial charge in [-0.05, 0) is 31.2 Å². The summed E-state index contributed by atoms with van der Waals surface area (Å²) in [5.74, 6) is 0.624. The fourth-order valence-electron chi connectivity index (χ4n) is 2.12. The molecule has 0 saturated carbocycles. The summed E-state index contributed by atoms with van der Waals surface area (Å²) in [5.41, 5.74) is 1.86. The van der Waals surface area contributed by atoms with Gasteiger partial charge in [0.2, 0.25) is 11.8 Å². The number of nitrogens with zero attached hydrogens (tertiary/aromatic N) is 3. The van der Waals surface area contributed by atoms with Gasteiger partial charge >= 0.3 is 0 Å². The molecule has 3 rings (SSSR count). The lowest BCUT2D eigenvalue weighted by Crippen LogP contribution is -1.93. The third-order valence-electron chi connectivity index (χ3n) is 3.23. The lowest BCUT2D eigenvalue weighted by molar-refractivity contribution is -0.385. The van der Waals surface area contributed by atoms with Gasteiger partial charge in [-0.25, -0.2) is 0 Å². The number of aromatic nitrogens is 2. The van der Waals surface area contributed by atoms with E-state index in [0.29, 0.717) is 17.0 Å². The zero-order chi connectivity index (χ0) is 15.7. The molecule has 7 heteroatoms. The van der Waals surface area contributed by atoms with Crippen LogP contribution < -0.4 is 0 Å². The zero-order valence-corrected chi connectivity index (χ0v) is 13.1. The predicted molar refractivity (Wildman–Crippen MR) is 84.3 cm³/mol. The molecule has 22 heavy (non-hydrogen) atoms. The van der Waals surface area contributed by atoms with Crippen molar-refractivity contribution in [2.45, 2.75) is 6.92 Å². The molecule has 0 amide bonds. The van der Waals surface area contributed by atoms with Crippen LogP contribution in [0.25, 0.3) is 22.9 Å². The highest BCUT2D eigenvalue weighted by molar-refractivity contribution is 9.10. The monoisotopic (exact) mass is 359 g/mol. The van der Waals surface area contributed by atoms with Crippen LogP contribution in [-0.4, -0.2) is 15.1 Å². The predicted octanol–water partition coefficient (Wildman–Crippen LogP) is 4.38. The van der Waals surface area contributed by atoms with Crippen molar-refractivity contribution >= 4 is 21.6 Å². The Kier molecular flexibility index (Phi) is 3.72. The van der Waals surface area contributed by atoms with Crippen LogP contribution in [0.1, 0.15) is 5.56 Å². The van der Waals surface area contributed by atoms with E-state index in [1.165, 1.54) is 6.07 Å². The lowest BCUT2D eigenvalue weighted by Gasteiger charge is -2.01. The number of benzene rings is 2. The first-order chi connectivity index (χ1) is 10.6. The molecule has 2 aromatic carbocycles. The van der Waals surface area contributed by atoms with E-state index in [4.69, 9.17) is 4.42 Å². The van der Waals surface area contributed by atoms with E-state index < -0.39 is 4.92 Å². The van der Waals surface area contributed by atoms with Crippen LogP contribution in [0.2, 0.25) is 0 Å². The first-order valence-corrected chi connectivity index (χ1v) is 7.19. The Morgan fingerprint density at radius 3 is 2.59 bits per heavy atom. The third kappa shape index (κ3) is 2.62. The standard InChI is InChI=1S/C15H10BrN3O3/c1-9-12(6-3-7-13(9)19(20)21)15-18-17-14(22-15)10-4-2-5-11(16)8-10/h2-8H,1H3. The summed E-state index contributed by atoms with van der Waals surface area (Å²) in [6, 6.07) is 12.2. The molecule has 0 aliphatic rings. The van der Waals surface area contributed by atoms with Crippen molar-refractivity contribution in [3.63, 3.8) is 0 Å². The Labute approximate surface area is 134 Å². The van der Waals surface area contributed by atoms with Crippen LogP contribution in [0.3, 0.4) is 0 Å². The van der Waals surface area contributed by atoms with Gasteiger partial charge in [0.15, 0.2) is 0 Å². The molecule has 110 valence electrons. The maximum absolute atomic E-state index is 11.0. The van der Waals surface area contributed by atoms with Crippen molar-refractivity contribution in [1.29, 1.82) is 0 Å². The summed E-state index contributed by atoms with van der Waals surface area (Å²) in [7, 11) is 0. The zero-order valence-electron chi connectivity index (χ0n) is 11.5. The Bertz CT molecular complexity index is 861. The second-order valence-corrected chi connectivity index (χ2v) is 5.55. The van der Waals surface area contributed by atoms with E-state index in [0.717, 1.165) is 10.0 Å². The van der Waals surface area contributed by atoms with Gasteiger partial charge in [0, 0.05) is 27.2 Å². The molecule has 6 nitrogen and oxygen atoms in total. The lowest BCUT2D eigenvalue weighted by atomic mass is 10.1. The second kappa shape index (κ2) is 5.69. The molecule has 1 aromatic heterocycles. The highest BCUT2D eigenvalue weighted by Crippen LogP contribution is 2.31.